The average molecular weight is 281 g/mol. The first-order chi connectivity index (χ1) is 10.1. The third-order valence-electron chi connectivity index (χ3n) is 3.81. The van der Waals surface area contributed by atoms with Crippen LogP contribution in [0.25, 0.3) is 0 Å². The number of benzene rings is 2. The molecule has 0 aliphatic carbocycles. The molecule has 1 N–H and O–H groups in total. The molecule has 0 atom stereocenters. The summed E-state index contributed by atoms with van der Waals surface area (Å²) < 4.78 is 0. The lowest BCUT2D eigenvalue weighted by Gasteiger charge is -2.19. The molecule has 21 heavy (non-hydrogen) atoms. The van der Waals surface area contributed by atoms with Crippen LogP contribution in [-0.2, 0) is 18.4 Å². The van der Waals surface area contributed by atoms with Crippen molar-refractivity contribution >= 4 is 0 Å². The number of aryl methyl sites for hydroxylation is 1. The van der Waals surface area contributed by atoms with Gasteiger partial charge in [0.05, 0.1) is 0 Å². The van der Waals surface area contributed by atoms with Crippen LogP contribution in [0.5, 0.6) is 0 Å². The zero-order chi connectivity index (χ0) is 15.1. The molecule has 0 bridgehead atoms. The van der Waals surface area contributed by atoms with E-state index in [1.165, 1.54) is 23.1 Å². The van der Waals surface area contributed by atoms with Crippen LogP contribution in [-0.4, -0.2) is 6.54 Å². The normalized spacial score (nSPS) is 11.6. The molecule has 2 rings (SSSR count). The van der Waals surface area contributed by atoms with Gasteiger partial charge in [0.25, 0.3) is 0 Å². The lowest BCUT2D eigenvalue weighted by molar-refractivity contribution is 0.589. The number of hydrogen-bond donors (Lipinski definition) is 1. The molecule has 0 heterocycles. The van der Waals surface area contributed by atoms with E-state index in [4.69, 9.17) is 0 Å². The Bertz CT molecular complexity index is 520. The number of rotatable bonds is 6. The highest BCUT2D eigenvalue weighted by molar-refractivity contribution is 5.27. The maximum Gasteiger partial charge on any atom is 0.0205 e. The van der Waals surface area contributed by atoms with E-state index in [0.717, 1.165) is 19.5 Å². The van der Waals surface area contributed by atoms with Crippen LogP contribution >= 0.6 is 0 Å². The Morgan fingerprint density at radius 2 is 1.48 bits per heavy atom. The van der Waals surface area contributed by atoms with Gasteiger partial charge < -0.3 is 5.32 Å². The van der Waals surface area contributed by atoms with Gasteiger partial charge in [-0.1, -0.05) is 75.4 Å². The molecule has 2 aromatic carbocycles. The van der Waals surface area contributed by atoms with Crippen LogP contribution in [0.2, 0.25) is 0 Å². The monoisotopic (exact) mass is 281 g/mol. The van der Waals surface area contributed by atoms with Gasteiger partial charge in [-0.15, -0.1) is 0 Å². The van der Waals surface area contributed by atoms with Gasteiger partial charge in [-0.3, -0.25) is 0 Å². The molecule has 0 saturated heterocycles. The van der Waals surface area contributed by atoms with Crippen LogP contribution in [0.15, 0.2) is 54.6 Å². The molecule has 0 fully saturated rings. The fourth-order valence-electron chi connectivity index (χ4n) is 2.42. The second kappa shape index (κ2) is 7.42. The Morgan fingerprint density at radius 3 is 2.10 bits per heavy atom. The molecule has 0 aliphatic heterocycles. The molecular weight excluding hydrogens is 254 g/mol. The second-order valence-electron chi connectivity index (χ2n) is 6.71. The fraction of sp³-hybridized carbons (Fsp3) is 0.400. The molecular formula is C20H27N. The van der Waals surface area contributed by atoms with Gasteiger partial charge in [0, 0.05) is 6.54 Å². The summed E-state index contributed by atoms with van der Waals surface area (Å²) >= 11 is 0. The summed E-state index contributed by atoms with van der Waals surface area (Å²) in [6.45, 7) is 8.78. The third-order valence-corrected chi connectivity index (χ3v) is 3.81. The maximum atomic E-state index is 3.53. The van der Waals surface area contributed by atoms with Crippen molar-refractivity contribution in [1.82, 2.24) is 5.32 Å². The highest BCUT2D eigenvalue weighted by Crippen LogP contribution is 2.22. The molecule has 1 nitrogen and oxygen atoms in total. The molecule has 0 unspecified atom stereocenters. The van der Waals surface area contributed by atoms with Gasteiger partial charge in [0.2, 0.25) is 0 Å². The minimum atomic E-state index is 0.238. The topological polar surface area (TPSA) is 12.0 Å². The molecule has 2 aromatic rings. The number of nitrogens with one attached hydrogen (secondary N) is 1. The van der Waals surface area contributed by atoms with E-state index in [2.05, 4.69) is 80.7 Å². The van der Waals surface area contributed by atoms with Crippen molar-refractivity contribution in [3.8, 4) is 0 Å². The summed E-state index contributed by atoms with van der Waals surface area (Å²) in [7, 11) is 0. The van der Waals surface area contributed by atoms with Crippen molar-refractivity contribution < 1.29 is 0 Å². The molecule has 0 radical (unpaired) electrons. The molecule has 0 aliphatic rings. The van der Waals surface area contributed by atoms with Gasteiger partial charge in [-0.05, 0) is 41.5 Å². The largest absolute Gasteiger partial charge is 0.313 e. The lowest BCUT2D eigenvalue weighted by atomic mass is 9.87. The minimum Gasteiger partial charge on any atom is -0.313 e. The first-order valence-corrected chi connectivity index (χ1v) is 7.90. The van der Waals surface area contributed by atoms with E-state index in [9.17, 15) is 0 Å². The van der Waals surface area contributed by atoms with Crippen LogP contribution in [0.1, 0.15) is 43.9 Å². The molecule has 0 amide bonds. The van der Waals surface area contributed by atoms with Crippen molar-refractivity contribution in [2.24, 2.45) is 0 Å². The molecule has 112 valence electrons. The highest BCUT2D eigenvalue weighted by atomic mass is 14.8. The van der Waals surface area contributed by atoms with Crippen LogP contribution in [0.4, 0.5) is 0 Å². The van der Waals surface area contributed by atoms with E-state index >= 15 is 0 Å². The molecule has 1 heteroatoms. The lowest BCUT2D eigenvalue weighted by Crippen LogP contribution is -2.16. The summed E-state index contributed by atoms with van der Waals surface area (Å²) in [4.78, 5) is 0. The van der Waals surface area contributed by atoms with Crippen LogP contribution in [0, 0.1) is 0 Å². The third kappa shape index (κ3) is 5.35. The van der Waals surface area contributed by atoms with Crippen molar-refractivity contribution in [1.29, 1.82) is 0 Å². The SMILES string of the molecule is CC(C)(C)c1ccc(CNCCCc2ccccc2)cc1. The average Bonchev–Trinajstić information content (AvgIpc) is 2.47. The van der Waals surface area contributed by atoms with Crippen molar-refractivity contribution in [2.75, 3.05) is 6.54 Å². The number of hydrogen-bond acceptors (Lipinski definition) is 1. The Labute approximate surface area is 129 Å². The van der Waals surface area contributed by atoms with Gasteiger partial charge in [-0.25, -0.2) is 0 Å². The van der Waals surface area contributed by atoms with E-state index < -0.39 is 0 Å². The summed E-state index contributed by atoms with van der Waals surface area (Å²) in [5.74, 6) is 0. The summed E-state index contributed by atoms with van der Waals surface area (Å²) in [6, 6.07) is 19.7. The Balaban J connectivity index is 1.69. The van der Waals surface area contributed by atoms with E-state index in [0.29, 0.717) is 0 Å². The van der Waals surface area contributed by atoms with E-state index in [1.807, 2.05) is 0 Å². The first kappa shape index (κ1) is 15.8. The highest BCUT2D eigenvalue weighted by Gasteiger charge is 2.12. The van der Waals surface area contributed by atoms with E-state index in [-0.39, 0.29) is 5.41 Å². The zero-order valence-corrected chi connectivity index (χ0v) is 13.5. The standard InChI is InChI=1S/C20H27N/c1-20(2,3)19-13-11-18(12-14-19)16-21-15-7-10-17-8-5-4-6-9-17/h4-6,8-9,11-14,21H,7,10,15-16H2,1-3H3. The molecule has 0 aromatic heterocycles. The van der Waals surface area contributed by atoms with Gasteiger partial charge in [0.1, 0.15) is 0 Å². The smallest absolute Gasteiger partial charge is 0.0205 e. The van der Waals surface area contributed by atoms with E-state index in [1.54, 1.807) is 0 Å². The van der Waals surface area contributed by atoms with Gasteiger partial charge in [0.15, 0.2) is 0 Å². The Morgan fingerprint density at radius 1 is 0.810 bits per heavy atom. The van der Waals surface area contributed by atoms with Crippen molar-refractivity contribution in [3.63, 3.8) is 0 Å². The zero-order valence-electron chi connectivity index (χ0n) is 13.5. The summed E-state index contributed by atoms with van der Waals surface area (Å²) in [6.07, 6.45) is 2.33. The van der Waals surface area contributed by atoms with Crippen LogP contribution in [0.3, 0.4) is 0 Å². The summed E-state index contributed by atoms with van der Waals surface area (Å²) in [5, 5.41) is 3.53. The minimum absolute atomic E-state index is 0.238. The van der Waals surface area contributed by atoms with Crippen molar-refractivity contribution in [2.45, 2.75) is 45.6 Å². The predicted molar refractivity (Wildman–Crippen MR) is 91.6 cm³/mol. The van der Waals surface area contributed by atoms with Gasteiger partial charge in [-0.2, -0.15) is 0 Å². The maximum absolute atomic E-state index is 3.53. The molecule has 0 saturated carbocycles. The second-order valence-corrected chi connectivity index (χ2v) is 6.71. The quantitative estimate of drug-likeness (QED) is 0.756. The Hall–Kier alpha value is -1.60. The Kier molecular flexibility index (Phi) is 5.58. The fourth-order valence-corrected chi connectivity index (χ4v) is 2.42. The molecule has 0 spiro atoms. The first-order valence-electron chi connectivity index (χ1n) is 7.90. The van der Waals surface area contributed by atoms with Crippen molar-refractivity contribution in [3.05, 3.63) is 71.3 Å². The van der Waals surface area contributed by atoms with Gasteiger partial charge >= 0.3 is 0 Å². The predicted octanol–water partition coefficient (Wildman–Crippen LogP) is 4.71. The van der Waals surface area contributed by atoms with Crippen LogP contribution < -0.4 is 5.32 Å². The summed E-state index contributed by atoms with van der Waals surface area (Å²) in [5.41, 5.74) is 4.42.